The molecule has 0 aromatic heterocycles. The van der Waals surface area contributed by atoms with Crippen molar-refractivity contribution in [1.82, 2.24) is 0 Å². The number of likely N-dealkylation sites (N-methyl/N-ethyl adjacent to an activating group) is 1. The smallest absolute Gasteiger partial charge is 0.436 e. The Morgan fingerprint density at radius 3 is 1.27 bits per heavy atom. The molecular weight excluding hydrogens is 521 g/mol. The van der Waals surface area contributed by atoms with Crippen molar-refractivity contribution in [1.29, 1.82) is 0 Å². The van der Waals surface area contributed by atoms with Gasteiger partial charge in [0.1, 0.15) is 7.05 Å². The van der Waals surface area contributed by atoms with Gasteiger partial charge in [0.2, 0.25) is 0 Å². The van der Waals surface area contributed by atoms with E-state index in [1.807, 2.05) is 0 Å². The quantitative estimate of drug-likeness (QED) is 0.283. The van der Waals surface area contributed by atoms with E-state index in [9.17, 15) is 74.6 Å². The van der Waals surface area contributed by atoms with Gasteiger partial charge in [-0.05, 0) is 0 Å². The average Bonchev–Trinajstić information content (AvgIpc) is 3.00. The molecule has 1 aliphatic heterocycles. The summed E-state index contributed by atoms with van der Waals surface area (Å²) in [5.41, 5.74) is 0. The second-order valence-corrected chi connectivity index (χ2v) is 6.81. The van der Waals surface area contributed by atoms with E-state index in [-0.39, 0.29) is 11.0 Å². The Balaban J connectivity index is 3.69. The first-order valence-corrected chi connectivity index (χ1v) is 8.16. The zero-order valence-corrected chi connectivity index (χ0v) is 15.8. The van der Waals surface area contributed by atoms with Crippen LogP contribution >= 0.6 is 0 Å². The Morgan fingerprint density at radius 2 is 0.970 bits per heavy atom. The SMILES string of the molecule is CCC1COC(C(F)(F)C(F)(F)C(F)(F)C(F)(F)C(F)(F)C(F)(F)C(F)(F)C(F)(F)F)=[N+]1C. The Kier molecular flexibility index (Phi) is 6.79. The van der Waals surface area contributed by atoms with Crippen LogP contribution in [0.1, 0.15) is 13.3 Å². The van der Waals surface area contributed by atoms with E-state index in [0.29, 0.717) is 7.05 Å². The van der Waals surface area contributed by atoms with Gasteiger partial charge in [0.15, 0.2) is 12.6 Å². The van der Waals surface area contributed by atoms with Crippen molar-refractivity contribution in [2.24, 2.45) is 0 Å². The van der Waals surface area contributed by atoms with Gasteiger partial charge in [-0.3, -0.25) is 0 Å². The second-order valence-electron chi connectivity index (χ2n) is 6.81. The molecule has 196 valence electrons. The maximum absolute atomic E-state index is 14.1. The normalized spacial score (nSPS) is 20.4. The first-order valence-electron chi connectivity index (χ1n) is 8.16. The summed E-state index contributed by atoms with van der Waals surface area (Å²) in [6.07, 6.45) is -7.98. The van der Waals surface area contributed by atoms with Crippen molar-refractivity contribution in [2.45, 2.75) is 67.0 Å². The van der Waals surface area contributed by atoms with Crippen molar-refractivity contribution >= 4 is 5.90 Å². The van der Waals surface area contributed by atoms with Gasteiger partial charge in [-0.2, -0.15) is 79.2 Å². The molecule has 1 aliphatic rings. The van der Waals surface area contributed by atoms with E-state index >= 15 is 0 Å². The van der Waals surface area contributed by atoms with Crippen LogP contribution in [0.2, 0.25) is 0 Å². The number of ether oxygens (including phenoxy) is 1. The summed E-state index contributed by atoms with van der Waals surface area (Å²) in [6, 6.07) is -1.26. The fraction of sp³-hybridized carbons (Fsp3) is 0.929. The van der Waals surface area contributed by atoms with E-state index in [0.717, 1.165) is 0 Å². The van der Waals surface area contributed by atoms with E-state index < -0.39 is 66.2 Å². The molecule has 0 aromatic rings. The summed E-state index contributed by atoms with van der Waals surface area (Å²) in [6.45, 7) is 0.290. The maximum atomic E-state index is 14.1. The summed E-state index contributed by atoms with van der Waals surface area (Å²) in [4.78, 5) is 0. The van der Waals surface area contributed by atoms with Gasteiger partial charge >= 0.3 is 53.5 Å². The van der Waals surface area contributed by atoms with Crippen LogP contribution < -0.4 is 0 Å². The fourth-order valence-electron chi connectivity index (χ4n) is 2.56. The van der Waals surface area contributed by atoms with Crippen LogP contribution in [0.15, 0.2) is 0 Å². The predicted octanol–water partition coefficient (Wildman–Crippen LogP) is 5.85. The molecule has 0 fully saturated rings. The lowest BCUT2D eigenvalue weighted by Crippen LogP contribution is -2.75. The van der Waals surface area contributed by atoms with Gasteiger partial charge in [-0.25, -0.2) is 0 Å². The third kappa shape index (κ3) is 3.58. The van der Waals surface area contributed by atoms with Crippen molar-refractivity contribution < 1.29 is 83.9 Å². The summed E-state index contributed by atoms with van der Waals surface area (Å²) in [5, 5.41) is 0. The molecule has 33 heavy (non-hydrogen) atoms. The molecule has 0 amide bonds. The standard InChI is InChI=1S/C14H11F17NO/c1-3-5-4-33-6(32(5)2)7(15,16)8(17,18)9(19,20)10(21,22)11(23,24)12(25,26)13(27,28)14(29,30)31/h5H,3-4H2,1-2H3/q+1. The van der Waals surface area contributed by atoms with E-state index in [1.165, 1.54) is 6.92 Å². The first kappa shape index (κ1) is 29.3. The molecule has 0 bridgehead atoms. The number of rotatable bonds is 8. The highest BCUT2D eigenvalue weighted by molar-refractivity contribution is 5.81. The summed E-state index contributed by atoms with van der Waals surface area (Å²) >= 11 is 0. The van der Waals surface area contributed by atoms with Crippen LogP contribution in [-0.2, 0) is 4.74 Å². The number of hydrogen-bond donors (Lipinski definition) is 0. The van der Waals surface area contributed by atoms with Gasteiger partial charge in [-0.15, -0.1) is 0 Å². The second kappa shape index (κ2) is 7.64. The molecule has 2 nitrogen and oxygen atoms in total. The minimum Gasteiger partial charge on any atom is -0.436 e. The third-order valence-electron chi connectivity index (χ3n) is 4.74. The number of hydrogen-bond acceptors (Lipinski definition) is 1. The largest absolute Gasteiger partial charge is 0.460 e. The molecule has 0 spiro atoms. The Hall–Kier alpha value is -1.72. The molecule has 0 aromatic carbocycles. The monoisotopic (exact) mass is 532 g/mol. The number of alkyl halides is 17. The summed E-state index contributed by atoms with van der Waals surface area (Å²) in [7, 11) is 0.489. The fourth-order valence-corrected chi connectivity index (χ4v) is 2.56. The highest BCUT2D eigenvalue weighted by atomic mass is 19.4. The van der Waals surface area contributed by atoms with Crippen LogP contribution in [0.3, 0.4) is 0 Å². The van der Waals surface area contributed by atoms with Crippen molar-refractivity contribution in [3.63, 3.8) is 0 Å². The Bertz CT molecular complexity index is 781. The van der Waals surface area contributed by atoms with Crippen LogP contribution in [-0.4, -0.2) is 77.8 Å². The lowest BCUT2D eigenvalue weighted by molar-refractivity contribution is -0.535. The average molecular weight is 532 g/mol. The summed E-state index contributed by atoms with van der Waals surface area (Å²) in [5.74, 6) is -59.2. The van der Waals surface area contributed by atoms with Gasteiger partial charge in [0, 0.05) is 6.42 Å². The molecule has 19 heteroatoms. The van der Waals surface area contributed by atoms with Crippen molar-refractivity contribution in [2.75, 3.05) is 13.7 Å². The highest BCUT2D eigenvalue weighted by Crippen LogP contribution is 2.64. The third-order valence-corrected chi connectivity index (χ3v) is 4.74. The molecular formula is C14H11F17NO+. The van der Waals surface area contributed by atoms with E-state index in [2.05, 4.69) is 4.74 Å². The Labute approximate surface area is 172 Å². The van der Waals surface area contributed by atoms with E-state index in [1.54, 1.807) is 0 Å². The number of halogens is 17. The zero-order valence-electron chi connectivity index (χ0n) is 15.8. The van der Waals surface area contributed by atoms with Crippen LogP contribution in [0.25, 0.3) is 0 Å². The van der Waals surface area contributed by atoms with Crippen LogP contribution in [0, 0.1) is 0 Å². The molecule has 1 atom stereocenters. The van der Waals surface area contributed by atoms with Crippen LogP contribution in [0.5, 0.6) is 0 Å². The van der Waals surface area contributed by atoms with Gasteiger partial charge in [0.05, 0.1) is 0 Å². The van der Waals surface area contributed by atoms with E-state index in [4.69, 9.17) is 0 Å². The lowest BCUT2D eigenvalue weighted by atomic mass is 9.89. The first-order chi connectivity index (χ1) is 14.2. The zero-order chi connectivity index (χ0) is 26.9. The summed E-state index contributed by atoms with van der Waals surface area (Å²) < 4.78 is 229. The number of nitrogens with zero attached hydrogens (tertiary/aromatic N) is 1. The topological polar surface area (TPSA) is 12.2 Å². The maximum Gasteiger partial charge on any atom is 0.460 e. The molecule has 0 radical (unpaired) electrons. The highest BCUT2D eigenvalue weighted by Gasteiger charge is 2.96. The minimum atomic E-state index is -8.64. The van der Waals surface area contributed by atoms with Crippen molar-refractivity contribution in [3.8, 4) is 0 Å². The van der Waals surface area contributed by atoms with Gasteiger partial charge in [-0.1, -0.05) is 6.92 Å². The predicted molar refractivity (Wildman–Crippen MR) is 71.9 cm³/mol. The van der Waals surface area contributed by atoms with Crippen molar-refractivity contribution in [3.05, 3.63) is 0 Å². The molecule has 1 rings (SSSR count). The molecule has 0 saturated heterocycles. The molecule has 0 N–H and O–H groups in total. The molecule has 1 unspecified atom stereocenters. The molecule has 1 heterocycles. The minimum absolute atomic E-state index is 0.00663. The lowest BCUT2D eigenvalue weighted by Gasteiger charge is -2.42. The molecule has 0 aliphatic carbocycles. The Morgan fingerprint density at radius 1 is 0.636 bits per heavy atom. The van der Waals surface area contributed by atoms with Crippen LogP contribution in [0.4, 0.5) is 74.6 Å². The van der Waals surface area contributed by atoms with Gasteiger partial charge in [0.25, 0.3) is 0 Å². The van der Waals surface area contributed by atoms with Gasteiger partial charge < -0.3 is 4.74 Å². The molecule has 0 saturated carbocycles.